The van der Waals surface area contributed by atoms with Crippen LogP contribution < -0.4 is 9.64 Å². The van der Waals surface area contributed by atoms with E-state index in [4.69, 9.17) is 14.5 Å². The predicted molar refractivity (Wildman–Crippen MR) is 119 cm³/mol. The summed E-state index contributed by atoms with van der Waals surface area (Å²) in [4.78, 5) is 13.4. The van der Waals surface area contributed by atoms with E-state index in [1.807, 2.05) is 61.6 Å². The first kappa shape index (κ1) is 21.2. The van der Waals surface area contributed by atoms with Crippen molar-refractivity contribution in [3.05, 3.63) is 71.8 Å². The van der Waals surface area contributed by atoms with Gasteiger partial charge in [0.2, 0.25) is 5.95 Å². The van der Waals surface area contributed by atoms with Crippen LogP contribution in [0, 0.1) is 5.82 Å². The minimum atomic E-state index is -0.237. The molecule has 1 atom stereocenters. The maximum atomic E-state index is 14.2. The van der Waals surface area contributed by atoms with E-state index in [0.29, 0.717) is 31.2 Å². The van der Waals surface area contributed by atoms with Crippen LogP contribution in [0.1, 0.15) is 17.4 Å². The van der Waals surface area contributed by atoms with E-state index in [1.54, 1.807) is 13.2 Å². The molecule has 7 heteroatoms. The minimum Gasteiger partial charge on any atom is -0.497 e. The highest BCUT2D eigenvalue weighted by Crippen LogP contribution is 2.32. The molecule has 6 nitrogen and oxygen atoms in total. The third-order valence-electron chi connectivity index (χ3n) is 5.41. The maximum Gasteiger partial charge on any atom is 0.225 e. The Hall–Kier alpha value is -3.03. The summed E-state index contributed by atoms with van der Waals surface area (Å²) in [5.74, 6) is 1.24. The Morgan fingerprint density at radius 1 is 1.16 bits per heavy atom. The molecule has 0 radical (unpaired) electrons. The van der Waals surface area contributed by atoms with Crippen LogP contribution in [-0.2, 0) is 11.3 Å². The van der Waals surface area contributed by atoms with E-state index in [0.717, 1.165) is 29.1 Å². The van der Waals surface area contributed by atoms with Gasteiger partial charge in [0.05, 0.1) is 19.4 Å². The van der Waals surface area contributed by atoms with Gasteiger partial charge in [-0.05, 0) is 23.8 Å². The van der Waals surface area contributed by atoms with E-state index < -0.39 is 0 Å². The summed E-state index contributed by atoms with van der Waals surface area (Å²) in [5, 5.41) is 0. The molecule has 4 rings (SSSR count). The van der Waals surface area contributed by atoms with Crippen molar-refractivity contribution in [2.75, 3.05) is 45.8 Å². The van der Waals surface area contributed by atoms with Crippen LogP contribution in [0.4, 0.5) is 10.3 Å². The molecule has 3 aromatic rings. The zero-order valence-electron chi connectivity index (χ0n) is 18.1. The minimum absolute atomic E-state index is 0.179. The van der Waals surface area contributed by atoms with Crippen LogP contribution >= 0.6 is 0 Å². The number of halogens is 1. The van der Waals surface area contributed by atoms with Crippen LogP contribution in [0.25, 0.3) is 11.1 Å². The van der Waals surface area contributed by atoms with Crippen LogP contribution in [0.3, 0.4) is 0 Å². The highest BCUT2D eigenvalue weighted by Gasteiger charge is 2.27. The highest BCUT2D eigenvalue weighted by molar-refractivity contribution is 5.67. The Morgan fingerprint density at radius 3 is 2.65 bits per heavy atom. The fourth-order valence-electron chi connectivity index (χ4n) is 3.72. The molecule has 0 spiro atoms. The zero-order chi connectivity index (χ0) is 21.8. The molecule has 2 aromatic carbocycles. The average molecular weight is 423 g/mol. The lowest BCUT2D eigenvalue weighted by Crippen LogP contribution is -2.38. The molecule has 0 bridgehead atoms. The number of benzene rings is 2. The largest absolute Gasteiger partial charge is 0.497 e. The topological polar surface area (TPSA) is 50.7 Å². The van der Waals surface area contributed by atoms with Gasteiger partial charge in [-0.1, -0.05) is 30.3 Å². The van der Waals surface area contributed by atoms with Crippen LogP contribution in [-0.4, -0.2) is 55.8 Å². The fourth-order valence-corrected chi connectivity index (χ4v) is 3.72. The molecule has 0 unspecified atom stereocenters. The van der Waals surface area contributed by atoms with Gasteiger partial charge >= 0.3 is 0 Å². The summed E-state index contributed by atoms with van der Waals surface area (Å²) in [5.41, 5.74) is 3.44. The lowest BCUT2D eigenvalue weighted by Gasteiger charge is -2.33. The van der Waals surface area contributed by atoms with Crippen molar-refractivity contribution in [3.63, 3.8) is 0 Å². The molecule has 1 saturated heterocycles. The number of ether oxygens (including phenoxy) is 2. The monoisotopic (exact) mass is 422 g/mol. The first-order chi connectivity index (χ1) is 15.0. The first-order valence-electron chi connectivity index (χ1n) is 10.3. The molecule has 1 aromatic heterocycles. The van der Waals surface area contributed by atoms with Crippen molar-refractivity contribution in [2.24, 2.45) is 0 Å². The summed E-state index contributed by atoms with van der Waals surface area (Å²) in [6.45, 7) is 2.47. The lowest BCUT2D eigenvalue weighted by atomic mass is 10.0. The molecule has 0 amide bonds. The number of nitrogens with zero attached hydrogens (tertiary/aromatic N) is 4. The van der Waals surface area contributed by atoms with Gasteiger partial charge in [0, 0.05) is 51.1 Å². The highest BCUT2D eigenvalue weighted by atomic mass is 19.1. The second-order valence-electron chi connectivity index (χ2n) is 7.78. The number of hydrogen-bond donors (Lipinski definition) is 0. The molecular formula is C24H27FN4O2. The van der Waals surface area contributed by atoms with Crippen molar-refractivity contribution in [1.82, 2.24) is 14.9 Å². The van der Waals surface area contributed by atoms with E-state index in [2.05, 4.69) is 9.88 Å². The number of rotatable bonds is 6. The van der Waals surface area contributed by atoms with Gasteiger partial charge < -0.3 is 14.4 Å². The van der Waals surface area contributed by atoms with Gasteiger partial charge in [0.25, 0.3) is 0 Å². The third-order valence-corrected chi connectivity index (χ3v) is 5.41. The first-order valence-corrected chi connectivity index (χ1v) is 10.3. The summed E-state index contributed by atoms with van der Waals surface area (Å²) in [6.07, 6.45) is 1.61. The third kappa shape index (κ3) is 4.84. The number of hydrogen-bond acceptors (Lipinski definition) is 6. The zero-order valence-corrected chi connectivity index (χ0v) is 18.1. The quantitative estimate of drug-likeness (QED) is 0.600. The van der Waals surface area contributed by atoms with Crippen molar-refractivity contribution in [2.45, 2.75) is 12.6 Å². The molecule has 0 N–H and O–H groups in total. The number of morpholine rings is 1. The maximum absolute atomic E-state index is 14.2. The summed E-state index contributed by atoms with van der Waals surface area (Å²) >= 11 is 0. The second kappa shape index (κ2) is 9.41. The van der Waals surface area contributed by atoms with Crippen molar-refractivity contribution in [1.29, 1.82) is 0 Å². The Balaban J connectivity index is 1.64. The lowest BCUT2D eigenvalue weighted by molar-refractivity contribution is -0.0349. The van der Waals surface area contributed by atoms with E-state index >= 15 is 0 Å². The Bertz CT molecular complexity index is 1030. The molecule has 31 heavy (non-hydrogen) atoms. The van der Waals surface area contributed by atoms with E-state index in [9.17, 15) is 4.39 Å². The molecule has 1 aliphatic rings. The second-order valence-corrected chi connectivity index (χ2v) is 7.78. The van der Waals surface area contributed by atoms with Gasteiger partial charge in [-0.2, -0.15) is 0 Å². The molecule has 1 fully saturated rings. The van der Waals surface area contributed by atoms with Crippen LogP contribution in [0.5, 0.6) is 5.75 Å². The Morgan fingerprint density at radius 2 is 1.94 bits per heavy atom. The summed E-state index contributed by atoms with van der Waals surface area (Å²) in [6, 6.07) is 14.8. The predicted octanol–water partition coefficient (Wildman–Crippen LogP) is 3.93. The van der Waals surface area contributed by atoms with E-state index in [-0.39, 0.29) is 11.9 Å². The van der Waals surface area contributed by atoms with Gasteiger partial charge in [-0.15, -0.1) is 0 Å². The summed E-state index contributed by atoms with van der Waals surface area (Å²) in [7, 11) is 5.48. The summed E-state index contributed by atoms with van der Waals surface area (Å²) < 4.78 is 25.6. The van der Waals surface area contributed by atoms with Gasteiger partial charge in [-0.3, -0.25) is 4.90 Å². The molecule has 2 heterocycles. The van der Waals surface area contributed by atoms with Crippen molar-refractivity contribution < 1.29 is 13.9 Å². The van der Waals surface area contributed by atoms with Crippen LogP contribution in [0.2, 0.25) is 0 Å². The normalized spacial score (nSPS) is 16.8. The number of aromatic nitrogens is 2. The van der Waals surface area contributed by atoms with Crippen molar-refractivity contribution in [3.8, 4) is 16.9 Å². The van der Waals surface area contributed by atoms with Gasteiger partial charge in [-0.25, -0.2) is 14.4 Å². The van der Waals surface area contributed by atoms with Gasteiger partial charge in [0.15, 0.2) is 0 Å². The Kier molecular flexibility index (Phi) is 6.44. The molecule has 162 valence electrons. The van der Waals surface area contributed by atoms with Gasteiger partial charge in [0.1, 0.15) is 17.7 Å². The number of methoxy groups -OCH3 is 1. The molecule has 0 saturated carbocycles. The SMILES string of the molecule is COc1ccc(-c2cnc(N(C)C)nc2[C@@H]2CN(Cc3ccccc3F)CCO2)cc1. The molecule has 0 aliphatic carbocycles. The number of anilines is 1. The average Bonchev–Trinajstić information content (AvgIpc) is 2.80. The van der Waals surface area contributed by atoms with Crippen molar-refractivity contribution >= 4 is 5.95 Å². The van der Waals surface area contributed by atoms with Crippen LogP contribution in [0.15, 0.2) is 54.7 Å². The Labute approximate surface area is 182 Å². The molecule has 1 aliphatic heterocycles. The standard InChI is InChI=1S/C24H27FN4O2/c1-28(2)24-26-14-20(17-8-10-19(30-3)11-9-17)23(27-24)22-16-29(12-13-31-22)15-18-6-4-5-7-21(18)25/h4-11,14,22H,12-13,15-16H2,1-3H3/t22-/m0/s1. The fraction of sp³-hybridized carbons (Fsp3) is 0.333. The van der Waals surface area contributed by atoms with E-state index in [1.165, 1.54) is 6.07 Å². The molecular weight excluding hydrogens is 395 g/mol. The smallest absolute Gasteiger partial charge is 0.225 e.